The van der Waals surface area contributed by atoms with Crippen LogP contribution >= 0.6 is 22.7 Å². The minimum atomic E-state index is -0.00507. The summed E-state index contributed by atoms with van der Waals surface area (Å²) in [6.45, 7) is 3.52. The summed E-state index contributed by atoms with van der Waals surface area (Å²) in [7, 11) is 0. The first-order valence-electron chi connectivity index (χ1n) is 9.00. The van der Waals surface area contributed by atoms with Crippen molar-refractivity contribution in [1.82, 2.24) is 19.9 Å². The average Bonchev–Trinajstić information content (AvgIpc) is 3.46. The van der Waals surface area contributed by atoms with Gasteiger partial charge in [0.2, 0.25) is 0 Å². The lowest BCUT2D eigenvalue weighted by Gasteiger charge is -2.35. The van der Waals surface area contributed by atoms with E-state index in [1.54, 1.807) is 22.7 Å². The number of nitrogens with zero attached hydrogens (tertiary/aromatic N) is 4. The van der Waals surface area contributed by atoms with Crippen molar-refractivity contribution in [3.8, 4) is 0 Å². The molecule has 0 saturated carbocycles. The molecule has 5 nitrogen and oxygen atoms in total. The molecular formula is C20H18N4OS2. The topological polar surface area (TPSA) is 51.0 Å². The Balaban J connectivity index is 1.55. The fourth-order valence-electron chi connectivity index (χ4n) is 3.79. The van der Waals surface area contributed by atoms with Crippen LogP contribution in [0.3, 0.4) is 0 Å². The molecule has 0 bridgehead atoms. The predicted octanol–water partition coefficient (Wildman–Crippen LogP) is 4.36. The Hall–Kier alpha value is -2.51. The first kappa shape index (κ1) is 16.6. The van der Waals surface area contributed by atoms with Gasteiger partial charge in [-0.3, -0.25) is 4.79 Å². The summed E-state index contributed by atoms with van der Waals surface area (Å²) >= 11 is 3.50. The molecule has 0 radical (unpaired) electrons. The minimum absolute atomic E-state index is 0.00507. The Morgan fingerprint density at radius 1 is 1.22 bits per heavy atom. The molecule has 4 aromatic rings. The molecule has 0 fully saturated rings. The second-order valence-corrected chi connectivity index (χ2v) is 8.55. The van der Waals surface area contributed by atoms with E-state index >= 15 is 0 Å². The van der Waals surface area contributed by atoms with E-state index in [0.717, 1.165) is 30.5 Å². The summed E-state index contributed by atoms with van der Waals surface area (Å²) in [5.41, 5.74) is 3.66. The second-order valence-electron chi connectivity index (χ2n) is 6.57. The molecule has 1 atom stereocenters. The molecule has 1 amide bonds. The van der Waals surface area contributed by atoms with Crippen molar-refractivity contribution in [2.45, 2.75) is 25.9 Å². The van der Waals surface area contributed by atoms with E-state index in [2.05, 4.69) is 39.3 Å². The average molecular weight is 395 g/mol. The molecule has 0 unspecified atom stereocenters. The maximum Gasteiger partial charge on any atom is 0.254 e. The quantitative estimate of drug-likeness (QED) is 0.519. The molecule has 4 heterocycles. The molecule has 136 valence electrons. The lowest BCUT2D eigenvalue weighted by Crippen LogP contribution is -2.39. The SMILES string of the molecule is CCn1nnc2cc(C(=O)N3CCc4sccc4[C@H]3c3cccs3)ccc21. The van der Waals surface area contributed by atoms with E-state index < -0.39 is 0 Å². The molecule has 0 aliphatic carbocycles. The number of thiophene rings is 2. The highest BCUT2D eigenvalue weighted by Crippen LogP contribution is 2.40. The normalized spacial score (nSPS) is 16.6. The number of rotatable bonds is 3. The zero-order valence-corrected chi connectivity index (χ0v) is 16.5. The Labute approximate surface area is 164 Å². The first-order valence-corrected chi connectivity index (χ1v) is 10.8. The number of fused-ring (bicyclic) bond motifs is 2. The number of carbonyl (C=O) groups excluding carboxylic acids is 1. The van der Waals surface area contributed by atoms with E-state index in [-0.39, 0.29) is 11.9 Å². The summed E-state index contributed by atoms with van der Waals surface area (Å²) in [6, 6.07) is 12.1. The van der Waals surface area contributed by atoms with Gasteiger partial charge in [0.15, 0.2) is 0 Å². The highest BCUT2D eigenvalue weighted by molar-refractivity contribution is 7.10. The number of hydrogen-bond acceptors (Lipinski definition) is 5. The van der Waals surface area contributed by atoms with Crippen molar-refractivity contribution in [3.63, 3.8) is 0 Å². The van der Waals surface area contributed by atoms with Gasteiger partial charge in [-0.1, -0.05) is 11.3 Å². The lowest BCUT2D eigenvalue weighted by molar-refractivity contribution is 0.0699. The van der Waals surface area contributed by atoms with Crippen molar-refractivity contribution in [1.29, 1.82) is 0 Å². The van der Waals surface area contributed by atoms with Gasteiger partial charge in [0, 0.05) is 28.4 Å². The lowest BCUT2D eigenvalue weighted by atomic mass is 9.97. The van der Waals surface area contributed by atoms with Crippen LogP contribution in [-0.4, -0.2) is 32.3 Å². The van der Waals surface area contributed by atoms with Gasteiger partial charge in [0.05, 0.1) is 11.6 Å². The minimum Gasteiger partial charge on any atom is -0.326 e. The van der Waals surface area contributed by atoms with Crippen LogP contribution in [0.15, 0.2) is 47.2 Å². The van der Waals surface area contributed by atoms with Crippen LogP contribution < -0.4 is 0 Å². The van der Waals surface area contributed by atoms with Gasteiger partial charge >= 0.3 is 0 Å². The second kappa shape index (κ2) is 6.58. The summed E-state index contributed by atoms with van der Waals surface area (Å²) in [6.07, 6.45) is 0.912. The Morgan fingerprint density at radius 2 is 2.15 bits per heavy atom. The molecule has 27 heavy (non-hydrogen) atoms. The van der Waals surface area contributed by atoms with Gasteiger partial charge in [0.25, 0.3) is 5.91 Å². The van der Waals surface area contributed by atoms with Crippen molar-refractivity contribution in [2.24, 2.45) is 0 Å². The number of benzene rings is 1. The number of carbonyl (C=O) groups is 1. The molecular weight excluding hydrogens is 376 g/mol. The summed E-state index contributed by atoms with van der Waals surface area (Å²) in [5, 5.41) is 12.6. The fourth-order valence-corrected chi connectivity index (χ4v) is 5.55. The van der Waals surface area contributed by atoms with Crippen molar-refractivity contribution in [3.05, 3.63) is 68.0 Å². The van der Waals surface area contributed by atoms with Crippen LogP contribution in [-0.2, 0) is 13.0 Å². The predicted molar refractivity (Wildman–Crippen MR) is 108 cm³/mol. The van der Waals surface area contributed by atoms with E-state index in [1.807, 2.05) is 34.7 Å². The van der Waals surface area contributed by atoms with E-state index in [0.29, 0.717) is 5.56 Å². The molecule has 0 spiro atoms. The molecule has 0 saturated heterocycles. The van der Waals surface area contributed by atoms with Crippen LogP contribution in [0.25, 0.3) is 11.0 Å². The molecule has 5 rings (SSSR count). The maximum absolute atomic E-state index is 13.4. The molecule has 1 aliphatic rings. The first-order chi connectivity index (χ1) is 13.3. The van der Waals surface area contributed by atoms with Crippen LogP contribution in [0.2, 0.25) is 0 Å². The van der Waals surface area contributed by atoms with E-state index in [4.69, 9.17) is 0 Å². The van der Waals surface area contributed by atoms with Crippen LogP contribution in [0.1, 0.15) is 38.6 Å². The Bertz CT molecular complexity index is 1110. The zero-order chi connectivity index (χ0) is 18.4. The number of aryl methyl sites for hydroxylation is 1. The highest BCUT2D eigenvalue weighted by atomic mass is 32.1. The summed E-state index contributed by atoms with van der Waals surface area (Å²) in [4.78, 5) is 18.0. The van der Waals surface area contributed by atoms with Gasteiger partial charge in [-0.05, 0) is 60.0 Å². The van der Waals surface area contributed by atoms with E-state index in [9.17, 15) is 4.79 Å². The number of amides is 1. The third-order valence-electron chi connectivity index (χ3n) is 5.10. The monoisotopic (exact) mass is 394 g/mol. The van der Waals surface area contributed by atoms with Gasteiger partial charge < -0.3 is 4.90 Å². The fraction of sp³-hybridized carbons (Fsp3) is 0.250. The Morgan fingerprint density at radius 3 is 2.96 bits per heavy atom. The van der Waals surface area contributed by atoms with Crippen LogP contribution in [0.4, 0.5) is 0 Å². The molecule has 7 heteroatoms. The highest BCUT2D eigenvalue weighted by Gasteiger charge is 2.34. The van der Waals surface area contributed by atoms with Gasteiger partial charge in [0.1, 0.15) is 5.52 Å². The number of aromatic nitrogens is 3. The number of hydrogen-bond donors (Lipinski definition) is 0. The third kappa shape index (κ3) is 2.69. The zero-order valence-electron chi connectivity index (χ0n) is 14.8. The van der Waals surface area contributed by atoms with Crippen LogP contribution in [0, 0.1) is 0 Å². The molecule has 3 aromatic heterocycles. The smallest absolute Gasteiger partial charge is 0.254 e. The van der Waals surface area contributed by atoms with Crippen molar-refractivity contribution < 1.29 is 4.79 Å². The van der Waals surface area contributed by atoms with Crippen LogP contribution in [0.5, 0.6) is 0 Å². The van der Waals surface area contributed by atoms with E-state index in [1.165, 1.54) is 15.3 Å². The molecule has 0 N–H and O–H groups in total. The van der Waals surface area contributed by atoms with Gasteiger partial charge in [-0.15, -0.1) is 27.8 Å². The van der Waals surface area contributed by atoms with Gasteiger partial charge in [-0.25, -0.2) is 4.68 Å². The maximum atomic E-state index is 13.4. The van der Waals surface area contributed by atoms with Crippen molar-refractivity contribution >= 4 is 39.6 Å². The van der Waals surface area contributed by atoms with Crippen molar-refractivity contribution in [2.75, 3.05) is 6.54 Å². The Kier molecular flexibility index (Phi) is 4.06. The largest absolute Gasteiger partial charge is 0.326 e. The third-order valence-corrected chi connectivity index (χ3v) is 7.02. The standard InChI is InChI=1S/C20H18N4OS2/c1-2-24-16-6-5-13(12-15(16)21-22-24)20(25)23-9-7-17-14(8-11-27-17)19(23)18-4-3-10-26-18/h3-6,8,10-12,19H,2,7,9H2,1H3/t19-/m0/s1. The molecule has 1 aromatic carbocycles. The summed E-state index contributed by atoms with van der Waals surface area (Å²) < 4.78 is 1.84. The summed E-state index contributed by atoms with van der Waals surface area (Å²) in [5.74, 6) is 0.0539. The van der Waals surface area contributed by atoms with Gasteiger partial charge in [-0.2, -0.15) is 0 Å². The molecule has 1 aliphatic heterocycles.